The highest BCUT2D eigenvalue weighted by atomic mass is 16.2. The molecule has 0 unspecified atom stereocenters. The van der Waals surface area contributed by atoms with E-state index in [1.54, 1.807) is 9.36 Å². The molecule has 2 aromatic rings. The summed E-state index contributed by atoms with van der Waals surface area (Å²) in [6.45, 7) is 13.6. The van der Waals surface area contributed by atoms with Crippen LogP contribution in [0, 0.1) is 22.7 Å². The number of hydrogen-bond acceptors (Lipinski definition) is 2. The van der Waals surface area contributed by atoms with Crippen LogP contribution in [0.15, 0.2) is 63.2 Å². The number of hydrogen-bond donors (Lipinski definition) is 0. The van der Waals surface area contributed by atoms with Crippen molar-refractivity contribution < 1.29 is 0 Å². The van der Waals surface area contributed by atoms with Crippen LogP contribution in [0.3, 0.4) is 0 Å². The fraction of sp³-hybridized carbons (Fsp3) is 0.500. The molecule has 6 rings (SSSR count). The van der Waals surface area contributed by atoms with Gasteiger partial charge in [-0.3, -0.25) is 0 Å². The predicted molar refractivity (Wildman–Crippen MR) is 114 cm³/mol. The van der Waals surface area contributed by atoms with E-state index in [0.717, 1.165) is 0 Å². The van der Waals surface area contributed by atoms with Crippen molar-refractivity contribution in [1.82, 2.24) is 13.9 Å². The van der Waals surface area contributed by atoms with Gasteiger partial charge in [0, 0.05) is 11.8 Å². The number of nitrogens with zero attached hydrogens (tertiary/aromatic N) is 3. The Morgan fingerprint density at radius 3 is 1.48 bits per heavy atom. The third-order valence-corrected chi connectivity index (χ3v) is 6.79. The number of para-hydroxylation sites is 1. The zero-order valence-corrected chi connectivity index (χ0v) is 18.0. The SMILES string of the molecule is CC(C)(C)C1=C(C(C)(C)C)[C@H]2[C@H]1[C@H]1C=C[C@H]2n2c(=O)n(-c3ccccc3)c(=O)n21. The van der Waals surface area contributed by atoms with Gasteiger partial charge < -0.3 is 0 Å². The molecular weight excluding hydrogens is 362 g/mol. The summed E-state index contributed by atoms with van der Waals surface area (Å²) in [6, 6.07) is 9.04. The molecule has 1 aromatic heterocycles. The smallest absolute Gasteiger partial charge is 0.245 e. The molecule has 4 aliphatic rings. The van der Waals surface area contributed by atoms with E-state index in [4.69, 9.17) is 0 Å². The zero-order chi connectivity index (χ0) is 20.9. The minimum absolute atomic E-state index is 0.0336. The van der Waals surface area contributed by atoms with Gasteiger partial charge in [0.25, 0.3) is 0 Å². The maximum atomic E-state index is 13.4. The van der Waals surface area contributed by atoms with E-state index >= 15 is 0 Å². The standard InChI is InChI=1S/C24H29N3O2/c1-23(2,3)19-17-15-12-13-16(18(17)20(19)24(4,5)6)27-22(29)25(21(28)26(15)27)14-10-8-7-9-11-14/h7-13,15-18H,1-6H3/t15-,16-,17-,18-/m1/s1. The van der Waals surface area contributed by atoms with Crippen LogP contribution in [0.1, 0.15) is 53.6 Å². The van der Waals surface area contributed by atoms with Gasteiger partial charge in [-0.2, -0.15) is 0 Å². The van der Waals surface area contributed by atoms with Crippen LogP contribution in [0.5, 0.6) is 0 Å². The van der Waals surface area contributed by atoms with Gasteiger partial charge in [0.1, 0.15) is 0 Å². The minimum atomic E-state index is -0.239. The second kappa shape index (κ2) is 5.53. The Kier molecular flexibility index (Phi) is 3.52. The van der Waals surface area contributed by atoms with Gasteiger partial charge in [0.05, 0.1) is 17.8 Å². The van der Waals surface area contributed by atoms with Crippen LogP contribution in [0.2, 0.25) is 0 Å². The highest BCUT2D eigenvalue weighted by molar-refractivity contribution is 5.46. The lowest BCUT2D eigenvalue weighted by Crippen LogP contribution is -2.57. The van der Waals surface area contributed by atoms with E-state index in [1.165, 1.54) is 15.7 Å². The van der Waals surface area contributed by atoms with Crippen LogP contribution in [0.4, 0.5) is 0 Å². The molecule has 5 nitrogen and oxygen atoms in total. The summed E-state index contributed by atoms with van der Waals surface area (Å²) in [5.74, 6) is 0.561. The molecule has 5 heteroatoms. The first-order chi connectivity index (χ1) is 13.5. The molecule has 0 amide bonds. The molecule has 2 aliphatic heterocycles. The van der Waals surface area contributed by atoms with Crippen molar-refractivity contribution in [2.45, 2.75) is 53.6 Å². The molecule has 29 heavy (non-hydrogen) atoms. The number of allylic oxidation sites excluding steroid dienone is 4. The van der Waals surface area contributed by atoms with Gasteiger partial charge in [-0.1, -0.05) is 83.0 Å². The topological polar surface area (TPSA) is 48.9 Å². The second-order valence-electron chi connectivity index (χ2n) is 10.7. The Morgan fingerprint density at radius 1 is 0.690 bits per heavy atom. The van der Waals surface area contributed by atoms with Crippen molar-refractivity contribution >= 4 is 0 Å². The lowest BCUT2D eigenvalue weighted by molar-refractivity contribution is 0.0738. The van der Waals surface area contributed by atoms with Crippen LogP contribution >= 0.6 is 0 Å². The molecule has 0 spiro atoms. The lowest BCUT2D eigenvalue weighted by Gasteiger charge is -2.60. The summed E-state index contributed by atoms with van der Waals surface area (Å²) in [5, 5.41) is 0. The summed E-state index contributed by atoms with van der Waals surface area (Å²) in [6.07, 6.45) is 4.29. The predicted octanol–water partition coefficient (Wildman–Crippen LogP) is 4.10. The minimum Gasteiger partial charge on any atom is -0.245 e. The van der Waals surface area contributed by atoms with Crippen molar-refractivity contribution in [2.24, 2.45) is 22.7 Å². The van der Waals surface area contributed by atoms with Crippen LogP contribution in [-0.4, -0.2) is 13.9 Å². The van der Waals surface area contributed by atoms with Crippen molar-refractivity contribution in [3.63, 3.8) is 0 Å². The summed E-state index contributed by atoms with van der Waals surface area (Å²) < 4.78 is 4.75. The molecule has 0 radical (unpaired) electrons. The van der Waals surface area contributed by atoms with Crippen LogP contribution in [-0.2, 0) is 0 Å². The lowest BCUT2D eigenvalue weighted by atomic mass is 9.49. The summed E-state index contributed by atoms with van der Waals surface area (Å²) in [4.78, 5) is 26.8. The maximum absolute atomic E-state index is 13.4. The van der Waals surface area contributed by atoms with Gasteiger partial charge >= 0.3 is 11.4 Å². The molecule has 152 valence electrons. The van der Waals surface area contributed by atoms with Crippen molar-refractivity contribution in [3.8, 4) is 5.69 Å². The van der Waals surface area contributed by atoms with E-state index in [0.29, 0.717) is 5.69 Å². The monoisotopic (exact) mass is 391 g/mol. The molecule has 1 aromatic carbocycles. The number of aromatic nitrogens is 3. The molecule has 2 aliphatic carbocycles. The third-order valence-electron chi connectivity index (χ3n) is 6.79. The molecule has 0 N–H and O–H groups in total. The van der Waals surface area contributed by atoms with E-state index in [1.807, 2.05) is 30.3 Å². The Bertz CT molecular complexity index is 1100. The Balaban J connectivity index is 1.75. The van der Waals surface area contributed by atoms with Crippen LogP contribution in [0.25, 0.3) is 5.69 Å². The second-order valence-corrected chi connectivity index (χ2v) is 10.7. The normalized spacial score (nSPS) is 27.7. The Morgan fingerprint density at radius 2 is 1.10 bits per heavy atom. The molecule has 3 heterocycles. The first kappa shape index (κ1) is 18.5. The van der Waals surface area contributed by atoms with Crippen molar-refractivity contribution in [2.75, 3.05) is 0 Å². The van der Waals surface area contributed by atoms with Gasteiger partial charge in [0.2, 0.25) is 0 Å². The molecule has 0 fully saturated rings. The largest absolute Gasteiger partial charge is 0.352 e. The number of benzene rings is 1. The van der Waals surface area contributed by atoms with Crippen LogP contribution < -0.4 is 11.4 Å². The van der Waals surface area contributed by atoms with Gasteiger partial charge in [0.15, 0.2) is 0 Å². The Hall–Kier alpha value is -2.56. The van der Waals surface area contributed by atoms with Gasteiger partial charge in [-0.15, -0.1) is 0 Å². The zero-order valence-electron chi connectivity index (χ0n) is 18.0. The first-order valence-electron chi connectivity index (χ1n) is 10.5. The third kappa shape index (κ3) is 2.27. The quantitative estimate of drug-likeness (QED) is 0.687. The summed E-state index contributed by atoms with van der Waals surface area (Å²) in [7, 11) is 0. The molecular formula is C24H29N3O2. The maximum Gasteiger partial charge on any atom is 0.352 e. The number of rotatable bonds is 1. The fourth-order valence-corrected chi connectivity index (χ4v) is 5.94. The summed E-state index contributed by atoms with van der Waals surface area (Å²) >= 11 is 0. The average Bonchev–Trinajstić information content (AvgIpc) is 2.86. The highest BCUT2D eigenvalue weighted by Crippen LogP contribution is 2.65. The van der Waals surface area contributed by atoms with Gasteiger partial charge in [-0.05, 0) is 23.0 Å². The van der Waals surface area contributed by atoms with E-state index in [2.05, 4.69) is 53.7 Å². The van der Waals surface area contributed by atoms with Crippen molar-refractivity contribution in [3.05, 3.63) is 74.6 Å². The van der Waals surface area contributed by atoms with Crippen molar-refractivity contribution in [1.29, 1.82) is 0 Å². The Labute approximate surface area is 171 Å². The fourth-order valence-electron chi connectivity index (χ4n) is 5.94. The molecule has 2 bridgehead atoms. The average molecular weight is 392 g/mol. The molecule has 4 atom stereocenters. The first-order valence-corrected chi connectivity index (χ1v) is 10.5. The summed E-state index contributed by atoms with van der Waals surface area (Å²) in [5.41, 5.74) is 3.15. The molecule has 0 saturated carbocycles. The van der Waals surface area contributed by atoms with E-state index in [-0.39, 0.29) is 46.1 Å². The molecule has 0 saturated heterocycles. The highest BCUT2D eigenvalue weighted by Gasteiger charge is 2.59. The van der Waals surface area contributed by atoms with E-state index in [9.17, 15) is 9.59 Å². The van der Waals surface area contributed by atoms with E-state index < -0.39 is 0 Å². The van der Waals surface area contributed by atoms with Gasteiger partial charge in [-0.25, -0.2) is 23.5 Å².